The van der Waals surface area contributed by atoms with Gasteiger partial charge in [-0.25, -0.2) is 9.78 Å². The average Bonchev–Trinajstić information content (AvgIpc) is 2.72. The van der Waals surface area contributed by atoms with Gasteiger partial charge in [0.05, 0.1) is 5.69 Å². The summed E-state index contributed by atoms with van der Waals surface area (Å²) < 4.78 is 5.51. The Kier molecular flexibility index (Phi) is 7.19. The molecule has 0 bridgehead atoms. The molecule has 1 aromatic carbocycles. The van der Waals surface area contributed by atoms with Crippen LogP contribution in [0, 0.1) is 0 Å². The van der Waals surface area contributed by atoms with Crippen molar-refractivity contribution in [2.45, 2.75) is 70.9 Å². The van der Waals surface area contributed by atoms with Gasteiger partial charge in [0.2, 0.25) is 5.95 Å². The molecule has 7 nitrogen and oxygen atoms in total. The summed E-state index contributed by atoms with van der Waals surface area (Å²) in [5, 5.41) is 8.01. The molecule has 1 aliphatic heterocycles. The number of aryl methyl sites for hydroxylation is 1. The summed E-state index contributed by atoms with van der Waals surface area (Å²) in [6, 6.07) is 5.53. The maximum atomic E-state index is 12.4. The van der Waals surface area contributed by atoms with Gasteiger partial charge >= 0.3 is 6.09 Å². The lowest BCUT2D eigenvalue weighted by Crippen LogP contribution is -2.44. The van der Waals surface area contributed by atoms with E-state index in [2.05, 4.69) is 10.6 Å². The zero-order chi connectivity index (χ0) is 23.6. The second-order valence-corrected chi connectivity index (χ2v) is 10.6. The number of hydrogen-bond donors (Lipinski definition) is 2. The molecule has 4 rings (SSSR count). The highest BCUT2D eigenvalue weighted by molar-refractivity contribution is 6.35. The van der Waals surface area contributed by atoms with Crippen LogP contribution in [0.15, 0.2) is 18.2 Å². The van der Waals surface area contributed by atoms with Gasteiger partial charge in [-0.1, -0.05) is 23.2 Å². The number of carbonyl (C=O) groups is 1. The standard InChI is InChI=1S/C24H31Cl2N5O2/c1-24(2,3)33-23(32)31-10-8-17(9-11-31)27-21-19-6-4-5-7-20(19)29-22(30-21)28-18-13-15(25)12-16(26)14-18/h12-14,17H,4-11H2,1-3H3,(H2,27,28,29,30). The first-order valence-electron chi connectivity index (χ1n) is 11.5. The zero-order valence-electron chi connectivity index (χ0n) is 19.4. The molecule has 2 heterocycles. The van der Waals surface area contributed by atoms with Crippen LogP contribution < -0.4 is 10.6 Å². The van der Waals surface area contributed by atoms with Crippen LogP contribution in [-0.2, 0) is 17.6 Å². The van der Waals surface area contributed by atoms with Crippen LogP contribution in [0.1, 0.15) is 57.7 Å². The monoisotopic (exact) mass is 491 g/mol. The van der Waals surface area contributed by atoms with E-state index in [9.17, 15) is 4.79 Å². The quantitative estimate of drug-likeness (QED) is 0.528. The summed E-state index contributed by atoms with van der Waals surface area (Å²) in [7, 11) is 0. The van der Waals surface area contributed by atoms with Crippen molar-refractivity contribution < 1.29 is 9.53 Å². The number of amides is 1. The van der Waals surface area contributed by atoms with Crippen molar-refractivity contribution >= 4 is 46.7 Å². The molecule has 1 aliphatic carbocycles. The van der Waals surface area contributed by atoms with E-state index in [-0.39, 0.29) is 12.1 Å². The molecule has 9 heteroatoms. The van der Waals surface area contributed by atoms with Crippen molar-refractivity contribution in [3.63, 3.8) is 0 Å². The summed E-state index contributed by atoms with van der Waals surface area (Å²) in [6.07, 6.45) is 5.60. The van der Waals surface area contributed by atoms with Crippen LogP contribution in [0.3, 0.4) is 0 Å². The molecule has 1 saturated heterocycles. The van der Waals surface area contributed by atoms with E-state index in [1.54, 1.807) is 23.1 Å². The third-order valence-corrected chi connectivity index (χ3v) is 6.23. The van der Waals surface area contributed by atoms with Crippen LogP contribution >= 0.6 is 23.2 Å². The Morgan fingerprint density at radius 2 is 1.73 bits per heavy atom. The van der Waals surface area contributed by atoms with Gasteiger partial charge in [0, 0.05) is 40.4 Å². The molecular weight excluding hydrogens is 461 g/mol. The summed E-state index contributed by atoms with van der Waals surface area (Å²) >= 11 is 12.3. The van der Waals surface area contributed by atoms with Gasteiger partial charge in [-0.2, -0.15) is 4.98 Å². The number of likely N-dealkylation sites (tertiary alicyclic amines) is 1. The molecule has 0 unspecified atom stereocenters. The molecule has 2 aromatic rings. The SMILES string of the molecule is CC(C)(C)OC(=O)N1CCC(Nc2nc(Nc3cc(Cl)cc(Cl)c3)nc3c2CCCC3)CC1. The van der Waals surface area contributed by atoms with Gasteiger partial charge in [0.25, 0.3) is 0 Å². The molecule has 0 saturated carbocycles. The van der Waals surface area contributed by atoms with Crippen LogP contribution in [0.4, 0.5) is 22.2 Å². The van der Waals surface area contributed by atoms with Crippen molar-refractivity contribution in [1.29, 1.82) is 0 Å². The van der Waals surface area contributed by atoms with E-state index in [1.807, 2.05) is 20.8 Å². The van der Waals surface area contributed by atoms with E-state index >= 15 is 0 Å². The predicted molar refractivity (Wildman–Crippen MR) is 133 cm³/mol. The van der Waals surface area contributed by atoms with Gasteiger partial charge in [0.15, 0.2) is 0 Å². The lowest BCUT2D eigenvalue weighted by Gasteiger charge is -2.34. The third kappa shape index (κ3) is 6.42. The predicted octanol–water partition coefficient (Wildman–Crippen LogP) is 6.22. The topological polar surface area (TPSA) is 79.4 Å². The normalized spacial score (nSPS) is 16.8. The van der Waals surface area contributed by atoms with Gasteiger partial charge < -0.3 is 20.3 Å². The Morgan fingerprint density at radius 3 is 2.39 bits per heavy atom. The molecule has 33 heavy (non-hydrogen) atoms. The maximum absolute atomic E-state index is 12.4. The second-order valence-electron chi connectivity index (χ2n) is 9.70. The number of fused-ring (bicyclic) bond motifs is 1. The van der Waals surface area contributed by atoms with Gasteiger partial charge in [0.1, 0.15) is 11.4 Å². The number of piperidine rings is 1. The molecular formula is C24H31Cl2N5O2. The van der Waals surface area contributed by atoms with Crippen LogP contribution in [0.2, 0.25) is 10.0 Å². The number of benzene rings is 1. The van der Waals surface area contributed by atoms with E-state index < -0.39 is 5.60 Å². The Bertz CT molecular complexity index is 996. The number of rotatable bonds is 4. The lowest BCUT2D eigenvalue weighted by atomic mass is 9.96. The second kappa shape index (κ2) is 9.94. The minimum Gasteiger partial charge on any atom is -0.444 e. The molecule has 1 amide bonds. The first-order valence-corrected chi connectivity index (χ1v) is 12.3. The highest BCUT2D eigenvalue weighted by Crippen LogP contribution is 2.30. The van der Waals surface area contributed by atoms with E-state index in [4.69, 9.17) is 37.9 Å². The zero-order valence-corrected chi connectivity index (χ0v) is 20.9. The smallest absolute Gasteiger partial charge is 0.410 e. The lowest BCUT2D eigenvalue weighted by molar-refractivity contribution is 0.0210. The number of nitrogens with one attached hydrogen (secondary N) is 2. The summed E-state index contributed by atoms with van der Waals surface area (Å²) in [5.74, 6) is 1.41. The Morgan fingerprint density at radius 1 is 1.06 bits per heavy atom. The number of carbonyl (C=O) groups excluding carboxylic acids is 1. The molecule has 1 fully saturated rings. The van der Waals surface area contributed by atoms with Crippen molar-refractivity contribution in [2.75, 3.05) is 23.7 Å². The number of nitrogens with zero attached hydrogens (tertiary/aromatic N) is 3. The van der Waals surface area contributed by atoms with Crippen molar-refractivity contribution in [3.05, 3.63) is 39.5 Å². The fraction of sp³-hybridized carbons (Fsp3) is 0.542. The van der Waals surface area contributed by atoms with Gasteiger partial charge in [-0.05, 0) is 77.5 Å². The van der Waals surface area contributed by atoms with E-state index in [1.165, 1.54) is 5.56 Å². The van der Waals surface area contributed by atoms with Crippen molar-refractivity contribution in [3.8, 4) is 0 Å². The van der Waals surface area contributed by atoms with Crippen LogP contribution in [0.5, 0.6) is 0 Å². The Labute approximate surface area is 205 Å². The Hall–Kier alpha value is -2.25. The minimum atomic E-state index is -0.483. The van der Waals surface area contributed by atoms with E-state index in [0.29, 0.717) is 29.1 Å². The maximum Gasteiger partial charge on any atom is 0.410 e. The van der Waals surface area contributed by atoms with Crippen LogP contribution in [-0.4, -0.2) is 45.7 Å². The summed E-state index contributed by atoms with van der Waals surface area (Å²) in [6.45, 7) is 6.99. The van der Waals surface area contributed by atoms with E-state index in [0.717, 1.165) is 55.7 Å². The largest absolute Gasteiger partial charge is 0.444 e. The summed E-state index contributed by atoms with van der Waals surface area (Å²) in [5.41, 5.74) is 2.55. The van der Waals surface area contributed by atoms with Crippen molar-refractivity contribution in [1.82, 2.24) is 14.9 Å². The molecule has 2 aliphatic rings. The number of anilines is 3. The fourth-order valence-electron chi connectivity index (χ4n) is 4.25. The first kappa shape index (κ1) is 23.9. The molecule has 178 valence electrons. The van der Waals surface area contributed by atoms with Gasteiger partial charge in [-0.15, -0.1) is 0 Å². The Balaban J connectivity index is 1.47. The summed E-state index contributed by atoms with van der Waals surface area (Å²) in [4.78, 5) is 23.7. The van der Waals surface area contributed by atoms with Crippen molar-refractivity contribution in [2.24, 2.45) is 0 Å². The minimum absolute atomic E-state index is 0.234. The highest BCUT2D eigenvalue weighted by atomic mass is 35.5. The number of halogens is 2. The molecule has 1 aromatic heterocycles. The fourth-order valence-corrected chi connectivity index (χ4v) is 4.78. The number of hydrogen-bond acceptors (Lipinski definition) is 6. The highest BCUT2D eigenvalue weighted by Gasteiger charge is 2.28. The number of ether oxygens (including phenoxy) is 1. The molecule has 0 radical (unpaired) electrons. The molecule has 0 atom stereocenters. The number of aromatic nitrogens is 2. The first-order chi connectivity index (χ1) is 15.7. The van der Waals surface area contributed by atoms with Gasteiger partial charge in [-0.3, -0.25) is 0 Å². The molecule has 2 N–H and O–H groups in total. The average molecular weight is 492 g/mol. The third-order valence-electron chi connectivity index (χ3n) is 5.79. The molecule has 0 spiro atoms. The van der Waals surface area contributed by atoms with Crippen LogP contribution in [0.25, 0.3) is 0 Å².